The number of nitrogens with zero attached hydrogens (tertiary/aromatic N) is 3. The lowest BCUT2D eigenvalue weighted by Gasteiger charge is -2.11. The molecule has 0 fully saturated rings. The van der Waals surface area contributed by atoms with Gasteiger partial charge in [0.2, 0.25) is 0 Å². The van der Waals surface area contributed by atoms with Crippen molar-refractivity contribution in [2.75, 3.05) is 16.0 Å². The number of halogens is 2. The Morgan fingerprint density at radius 2 is 1.56 bits per heavy atom. The zero-order valence-corrected chi connectivity index (χ0v) is 16.9. The van der Waals surface area contributed by atoms with Crippen molar-refractivity contribution in [3.8, 4) is 0 Å². The Labute approximate surface area is 182 Å². The van der Waals surface area contributed by atoms with Gasteiger partial charge < -0.3 is 16.0 Å². The van der Waals surface area contributed by atoms with Crippen LogP contribution in [0.25, 0.3) is 0 Å². The molecule has 0 aliphatic heterocycles. The predicted octanol–water partition coefficient (Wildman–Crippen LogP) is 5.20. The minimum atomic E-state index is -0.649. The fourth-order valence-electron chi connectivity index (χ4n) is 2.93. The number of hydrogen-bond acceptors (Lipinski definition) is 6. The lowest BCUT2D eigenvalue weighted by atomic mass is 10.2. The van der Waals surface area contributed by atoms with Gasteiger partial charge >= 0.3 is 0 Å². The summed E-state index contributed by atoms with van der Waals surface area (Å²) in [5, 5.41) is 8.87. The number of carbonyl (C=O) groups is 1. The number of rotatable bonds is 6. The second kappa shape index (κ2) is 9.17. The second-order valence-corrected chi connectivity index (χ2v) is 6.89. The van der Waals surface area contributed by atoms with Crippen LogP contribution < -0.4 is 16.0 Å². The lowest BCUT2D eigenvalue weighted by Crippen LogP contribution is -2.14. The minimum absolute atomic E-state index is 0.145. The Bertz CT molecular complexity index is 1280. The summed E-state index contributed by atoms with van der Waals surface area (Å²) in [4.78, 5) is 24.4. The molecule has 2 aromatic heterocycles. The zero-order valence-electron chi connectivity index (χ0n) is 16.9. The number of nitrogens with one attached hydrogen (secondary N) is 3. The van der Waals surface area contributed by atoms with E-state index in [4.69, 9.17) is 0 Å². The van der Waals surface area contributed by atoms with Gasteiger partial charge in [0.1, 0.15) is 29.6 Å². The molecule has 3 N–H and O–H groups in total. The smallest absolute Gasteiger partial charge is 0.260 e. The Kier molecular flexibility index (Phi) is 5.98. The largest absolute Gasteiger partial charge is 0.340 e. The summed E-state index contributed by atoms with van der Waals surface area (Å²) in [6.07, 6.45) is 3.83. The molecule has 0 radical (unpaired) electrons. The first-order chi connectivity index (χ1) is 15.5. The predicted molar refractivity (Wildman–Crippen MR) is 118 cm³/mol. The topological polar surface area (TPSA) is 91.8 Å². The molecule has 32 heavy (non-hydrogen) atoms. The molecular formula is C23H18F2N6O. The van der Waals surface area contributed by atoms with Crippen molar-refractivity contribution in [3.63, 3.8) is 0 Å². The van der Waals surface area contributed by atoms with E-state index in [1.807, 2.05) is 0 Å². The molecule has 1 amide bonds. The van der Waals surface area contributed by atoms with E-state index in [0.29, 0.717) is 34.3 Å². The molecular weight excluding hydrogens is 414 g/mol. The molecule has 0 aliphatic rings. The molecule has 0 saturated heterocycles. The maximum Gasteiger partial charge on any atom is 0.260 e. The average Bonchev–Trinajstić information content (AvgIpc) is 2.77. The Morgan fingerprint density at radius 1 is 0.844 bits per heavy atom. The van der Waals surface area contributed by atoms with Crippen molar-refractivity contribution < 1.29 is 13.6 Å². The Hall–Kier alpha value is -4.40. The van der Waals surface area contributed by atoms with Gasteiger partial charge in [-0.2, -0.15) is 0 Å². The first-order valence-electron chi connectivity index (χ1n) is 9.61. The fourth-order valence-corrected chi connectivity index (χ4v) is 2.93. The van der Waals surface area contributed by atoms with Gasteiger partial charge in [-0.1, -0.05) is 6.07 Å². The monoisotopic (exact) mass is 432 g/mol. The SMILES string of the molecule is Cc1cc(Nc2cc(Nc3cccc(NC(=O)c4cnccc4F)c3)ncn2)ccc1F. The van der Waals surface area contributed by atoms with Gasteiger partial charge in [0.15, 0.2) is 0 Å². The zero-order chi connectivity index (χ0) is 22.5. The van der Waals surface area contributed by atoms with Crippen LogP contribution in [-0.4, -0.2) is 20.9 Å². The number of aryl methyl sites for hydroxylation is 1. The number of pyridine rings is 1. The first kappa shape index (κ1) is 20.9. The molecule has 0 saturated carbocycles. The summed E-state index contributed by atoms with van der Waals surface area (Å²) in [7, 11) is 0. The van der Waals surface area contributed by atoms with Crippen molar-refractivity contribution in [1.29, 1.82) is 0 Å². The van der Waals surface area contributed by atoms with E-state index in [1.54, 1.807) is 49.4 Å². The summed E-state index contributed by atoms with van der Waals surface area (Å²) in [5.74, 6) is -0.507. The van der Waals surface area contributed by atoms with Gasteiger partial charge in [-0.15, -0.1) is 0 Å². The highest BCUT2D eigenvalue weighted by Gasteiger charge is 2.12. The number of aromatic nitrogens is 3. The third-order valence-electron chi connectivity index (χ3n) is 4.50. The molecule has 9 heteroatoms. The van der Waals surface area contributed by atoms with Crippen LogP contribution in [0.4, 0.5) is 37.5 Å². The summed E-state index contributed by atoms with van der Waals surface area (Å²) < 4.78 is 27.3. The highest BCUT2D eigenvalue weighted by molar-refractivity contribution is 6.04. The van der Waals surface area contributed by atoms with Crippen molar-refractivity contribution in [1.82, 2.24) is 15.0 Å². The number of hydrogen-bond donors (Lipinski definition) is 3. The molecule has 2 heterocycles. The van der Waals surface area contributed by atoms with E-state index in [-0.39, 0.29) is 11.4 Å². The summed E-state index contributed by atoms with van der Waals surface area (Å²) in [6, 6.07) is 14.4. The lowest BCUT2D eigenvalue weighted by molar-refractivity contribution is 0.102. The summed E-state index contributed by atoms with van der Waals surface area (Å²) in [6.45, 7) is 1.68. The van der Waals surface area contributed by atoms with Gasteiger partial charge in [0.05, 0.1) is 5.56 Å². The van der Waals surface area contributed by atoms with Crippen molar-refractivity contribution in [2.45, 2.75) is 6.92 Å². The van der Waals surface area contributed by atoms with Crippen LogP contribution in [0.5, 0.6) is 0 Å². The number of benzene rings is 2. The van der Waals surface area contributed by atoms with Crippen LogP contribution in [-0.2, 0) is 0 Å². The highest BCUT2D eigenvalue weighted by atomic mass is 19.1. The van der Waals surface area contributed by atoms with Crippen LogP contribution in [0, 0.1) is 18.6 Å². The average molecular weight is 432 g/mol. The van der Waals surface area contributed by atoms with Crippen molar-refractivity contribution in [2.24, 2.45) is 0 Å². The van der Waals surface area contributed by atoms with Crippen LogP contribution in [0.3, 0.4) is 0 Å². The van der Waals surface area contributed by atoms with Crippen LogP contribution >= 0.6 is 0 Å². The Balaban J connectivity index is 1.46. The molecule has 2 aromatic carbocycles. The van der Waals surface area contributed by atoms with E-state index in [0.717, 1.165) is 6.07 Å². The third kappa shape index (κ3) is 5.01. The van der Waals surface area contributed by atoms with Gasteiger partial charge in [0.25, 0.3) is 5.91 Å². The summed E-state index contributed by atoms with van der Waals surface area (Å²) in [5.41, 5.74) is 2.19. The molecule has 0 atom stereocenters. The van der Waals surface area contributed by atoms with E-state index in [1.165, 1.54) is 24.8 Å². The molecule has 4 rings (SSSR count). The van der Waals surface area contributed by atoms with Crippen LogP contribution in [0.2, 0.25) is 0 Å². The number of carbonyl (C=O) groups excluding carboxylic acids is 1. The maximum atomic E-state index is 13.8. The van der Waals surface area contributed by atoms with Gasteiger partial charge in [0, 0.05) is 35.5 Å². The molecule has 4 aromatic rings. The van der Waals surface area contributed by atoms with E-state index < -0.39 is 11.7 Å². The molecule has 7 nitrogen and oxygen atoms in total. The first-order valence-corrected chi connectivity index (χ1v) is 9.61. The minimum Gasteiger partial charge on any atom is -0.340 e. The molecule has 0 bridgehead atoms. The fraction of sp³-hybridized carbons (Fsp3) is 0.0435. The molecule has 0 aliphatic carbocycles. The van der Waals surface area contributed by atoms with E-state index in [9.17, 15) is 13.6 Å². The Morgan fingerprint density at radius 3 is 2.28 bits per heavy atom. The molecule has 160 valence electrons. The van der Waals surface area contributed by atoms with Gasteiger partial charge in [-0.3, -0.25) is 9.78 Å². The number of amides is 1. The highest BCUT2D eigenvalue weighted by Crippen LogP contribution is 2.23. The van der Waals surface area contributed by atoms with Crippen LogP contribution in [0.1, 0.15) is 15.9 Å². The van der Waals surface area contributed by atoms with E-state index in [2.05, 4.69) is 30.9 Å². The number of anilines is 5. The maximum absolute atomic E-state index is 13.8. The molecule has 0 spiro atoms. The standard InChI is InChI=1S/C23H18F2N6O/c1-14-9-17(5-6-19(14)24)30-22-11-21(27-13-28-22)29-15-3-2-4-16(10-15)31-23(32)18-12-26-8-7-20(18)25/h2-13H,1H3,(H,31,32)(H2,27,28,29,30). The second-order valence-electron chi connectivity index (χ2n) is 6.89. The third-order valence-corrected chi connectivity index (χ3v) is 4.50. The quantitative estimate of drug-likeness (QED) is 0.388. The normalized spacial score (nSPS) is 10.5. The molecule has 0 unspecified atom stereocenters. The summed E-state index contributed by atoms with van der Waals surface area (Å²) >= 11 is 0. The van der Waals surface area contributed by atoms with Gasteiger partial charge in [-0.25, -0.2) is 18.7 Å². The van der Waals surface area contributed by atoms with Gasteiger partial charge in [-0.05, 0) is 55.0 Å². The van der Waals surface area contributed by atoms with Crippen LogP contribution in [0.15, 0.2) is 73.3 Å². The van der Waals surface area contributed by atoms with Crippen molar-refractivity contribution in [3.05, 3.63) is 96.1 Å². The van der Waals surface area contributed by atoms with Crippen molar-refractivity contribution >= 4 is 34.6 Å². The van der Waals surface area contributed by atoms with E-state index >= 15 is 0 Å².